The van der Waals surface area contributed by atoms with Crippen molar-refractivity contribution >= 4 is 27.7 Å². The molecule has 2 amide bonds. The molecule has 0 unspecified atom stereocenters. The molecule has 3 N–H and O–H groups in total. The smallest absolute Gasteiger partial charge is 0.254 e. The Kier molecular flexibility index (Phi) is 5.03. The van der Waals surface area contributed by atoms with Gasteiger partial charge in [-0.15, -0.1) is 0 Å². The van der Waals surface area contributed by atoms with Gasteiger partial charge in [0, 0.05) is 41.8 Å². The largest absolute Gasteiger partial charge is 0.504 e. The first-order valence-electron chi connectivity index (χ1n) is 7.96. The SMILES string of the molecule is O=C(c1cccc(Br)c1)N1CCN(C(=O)c2cc(O)c(O)c(O)c2)CC1. The number of halogens is 1. The number of hydrogen-bond acceptors (Lipinski definition) is 5. The molecule has 0 saturated carbocycles. The van der Waals surface area contributed by atoms with Gasteiger partial charge in [0.25, 0.3) is 11.8 Å². The van der Waals surface area contributed by atoms with Crippen LogP contribution in [0.4, 0.5) is 0 Å². The third kappa shape index (κ3) is 3.60. The molecule has 0 spiro atoms. The quantitative estimate of drug-likeness (QED) is 0.646. The van der Waals surface area contributed by atoms with E-state index < -0.39 is 17.2 Å². The van der Waals surface area contributed by atoms with E-state index in [1.807, 2.05) is 6.07 Å². The Labute approximate surface area is 158 Å². The fourth-order valence-corrected chi connectivity index (χ4v) is 3.23. The van der Waals surface area contributed by atoms with Crippen LogP contribution in [0.3, 0.4) is 0 Å². The second kappa shape index (κ2) is 7.25. The molecule has 1 heterocycles. The number of hydrogen-bond donors (Lipinski definition) is 3. The fraction of sp³-hybridized carbons (Fsp3) is 0.222. The van der Waals surface area contributed by atoms with E-state index in [4.69, 9.17) is 0 Å². The Balaban J connectivity index is 1.66. The van der Waals surface area contributed by atoms with E-state index in [-0.39, 0.29) is 17.4 Å². The van der Waals surface area contributed by atoms with Crippen molar-refractivity contribution in [2.45, 2.75) is 0 Å². The first kappa shape index (κ1) is 18.1. The summed E-state index contributed by atoms with van der Waals surface area (Å²) < 4.78 is 0.823. The van der Waals surface area contributed by atoms with Gasteiger partial charge >= 0.3 is 0 Å². The van der Waals surface area contributed by atoms with Crippen LogP contribution in [0.15, 0.2) is 40.9 Å². The topological polar surface area (TPSA) is 101 Å². The number of piperazine rings is 1. The van der Waals surface area contributed by atoms with E-state index in [0.717, 1.165) is 16.6 Å². The summed E-state index contributed by atoms with van der Waals surface area (Å²) in [6.45, 7) is 1.43. The molecule has 8 heteroatoms. The molecule has 136 valence electrons. The van der Waals surface area contributed by atoms with Gasteiger partial charge in [0.05, 0.1) is 0 Å². The maximum absolute atomic E-state index is 12.5. The highest BCUT2D eigenvalue weighted by Crippen LogP contribution is 2.35. The normalized spacial score (nSPS) is 14.3. The minimum atomic E-state index is -0.661. The van der Waals surface area contributed by atoms with E-state index in [1.54, 1.807) is 23.1 Å². The summed E-state index contributed by atoms with van der Waals surface area (Å²) in [6, 6.07) is 9.35. The maximum atomic E-state index is 12.5. The molecule has 0 atom stereocenters. The second-order valence-corrected chi connectivity index (χ2v) is 6.87. The number of carbonyl (C=O) groups is 2. The Morgan fingerprint density at radius 1 is 0.808 bits per heavy atom. The van der Waals surface area contributed by atoms with E-state index in [9.17, 15) is 24.9 Å². The highest BCUT2D eigenvalue weighted by atomic mass is 79.9. The van der Waals surface area contributed by atoms with Crippen LogP contribution in [-0.2, 0) is 0 Å². The number of benzene rings is 2. The van der Waals surface area contributed by atoms with Gasteiger partial charge in [-0.1, -0.05) is 22.0 Å². The second-order valence-electron chi connectivity index (χ2n) is 5.96. The Bertz CT molecular complexity index is 839. The molecule has 7 nitrogen and oxygen atoms in total. The van der Waals surface area contributed by atoms with Crippen molar-refractivity contribution in [3.05, 3.63) is 52.0 Å². The summed E-state index contributed by atoms with van der Waals surface area (Å²) in [6.07, 6.45) is 0. The first-order chi connectivity index (χ1) is 12.4. The van der Waals surface area contributed by atoms with Crippen LogP contribution < -0.4 is 0 Å². The van der Waals surface area contributed by atoms with Crippen molar-refractivity contribution in [3.8, 4) is 17.2 Å². The molecule has 0 bridgehead atoms. The lowest BCUT2D eigenvalue weighted by Crippen LogP contribution is -2.50. The van der Waals surface area contributed by atoms with Crippen molar-refractivity contribution in [2.75, 3.05) is 26.2 Å². The average molecular weight is 421 g/mol. The van der Waals surface area contributed by atoms with Crippen LogP contribution in [0.5, 0.6) is 17.2 Å². The third-order valence-corrected chi connectivity index (χ3v) is 4.74. The van der Waals surface area contributed by atoms with Crippen LogP contribution in [0.1, 0.15) is 20.7 Å². The number of aromatic hydroxyl groups is 3. The molecule has 1 fully saturated rings. The zero-order valence-corrected chi connectivity index (χ0v) is 15.3. The molecular formula is C18H17BrN2O5. The van der Waals surface area contributed by atoms with Crippen molar-refractivity contribution in [2.24, 2.45) is 0 Å². The predicted molar refractivity (Wildman–Crippen MR) is 97.4 cm³/mol. The predicted octanol–water partition coefficient (Wildman–Crippen LogP) is 2.16. The molecule has 26 heavy (non-hydrogen) atoms. The molecule has 2 aromatic rings. The summed E-state index contributed by atoms with van der Waals surface area (Å²) in [5, 5.41) is 28.5. The number of amides is 2. The Morgan fingerprint density at radius 3 is 1.81 bits per heavy atom. The minimum Gasteiger partial charge on any atom is -0.504 e. The van der Waals surface area contributed by atoms with Gasteiger partial charge in [0.15, 0.2) is 17.2 Å². The van der Waals surface area contributed by atoms with E-state index in [2.05, 4.69) is 15.9 Å². The summed E-state index contributed by atoms with van der Waals surface area (Å²) in [7, 11) is 0. The number of carbonyl (C=O) groups excluding carboxylic acids is 2. The highest BCUT2D eigenvalue weighted by molar-refractivity contribution is 9.10. The lowest BCUT2D eigenvalue weighted by Gasteiger charge is -2.35. The summed E-state index contributed by atoms with van der Waals surface area (Å²) >= 11 is 3.34. The molecule has 1 aliphatic heterocycles. The van der Waals surface area contributed by atoms with Gasteiger partial charge in [-0.25, -0.2) is 0 Å². The molecule has 2 aromatic carbocycles. The van der Waals surface area contributed by atoms with Gasteiger partial charge in [-0.2, -0.15) is 0 Å². The summed E-state index contributed by atoms with van der Waals surface area (Å²) in [5.41, 5.74) is 0.650. The van der Waals surface area contributed by atoms with E-state index >= 15 is 0 Å². The summed E-state index contributed by atoms with van der Waals surface area (Å²) in [4.78, 5) is 28.3. The minimum absolute atomic E-state index is 0.0737. The number of phenolic OH excluding ortho intramolecular Hbond substituents is 3. The zero-order chi connectivity index (χ0) is 18.8. The fourth-order valence-electron chi connectivity index (χ4n) is 2.83. The van der Waals surface area contributed by atoms with Crippen molar-refractivity contribution < 1.29 is 24.9 Å². The van der Waals surface area contributed by atoms with Gasteiger partial charge in [0.2, 0.25) is 0 Å². The van der Waals surface area contributed by atoms with Crippen LogP contribution >= 0.6 is 15.9 Å². The van der Waals surface area contributed by atoms with Crippen LogP contribution in [-0.4, -0.2) is 63.1 Å². The van der Waals surface area contributed by atoms with Crippen molar-refractivity contribution in [3.63, 3.8) is 0 Å². The maximum Gasteiger partial charge on any atom is 0.254 e. The lowest BCUT2D eigenvalue weighted by atomic mass is 10.1. The first-order valence-corrected chi connectivity index (χ1v) is 8.75. The monoisotopic (exact) mass is 420 g/mol. The molecule has 0 aliphatic carbocycles. The molecule has 0 radical (unpaired) electrons. The van der Waals surface area contributed by atoms with Gasteiger partial charge in [-0.05, 0) is 30.3 Å². The number of nitrogens with zero attached hydrogens (tertiary/aromatic N) is 2. The van der Waals surface area contributed by atoms with E-state index in [1.165, 1.54) is 4.90 Å². The van der Waals surface area contributed by atoms with Crippen LogP contribution in [0, 0.1) is 0 Å². The summed E-state index contributed by atoms with van der Waals surface area (Å²) in [5.74, 6) is -2.26. The number of phenols is 3. The lowest BCUT2D eigenvalue weighted by molar-refractivity contribution is 0.0535. The molecule has 0 aromatic heterocycles. The zero-order valence-electron chi connectivity index (χ0n) is 13.7. The molecular weight excluding hydrogens is 404 g/mol. The average Bonchev–Trinajstić information content (AvgIpc) is 2.64. The Morgan fingerprint density at radius 2 is 1.31 bits per heavy atom. The van der Waals surface area contributed by atoms with Crippen molar-refractivity contribution in [1.29, 1.82) is 0 Å². The van der Waals surface area contributed by atoms with Gasteiger partial charge < -0.3 is 25.1 Å². The standard InChI is InChI=1S/C18H17BrN2O5/c19-13-3-1-2-11(8-13)17(25)20-4-6-21(7-5-20)18(26)12-9-14(22)16(24)15(23)10-12/h1-3,8-10,22-24H,4-7H2. The molecule has 1 saturated heterocycles. The Hall–Kier alpha value is -2.74. The van der Waals surface area contributed by atoms with Crippen LogP contribution in [0.2, 0.25) is 0 Å². The van der Waals surface area contributed by atoms with Gasteiger partial charge in [0.1, 0.15) is 0 Å². The highest BCUT2D eigenvalue weighted by Gasteiger charge is 2.26. The third-order valence-electron chi connectivity index (χ3n) is 4.24. The van der Waals surface area contributed by atoms with Crippen LogP contribution in [0.25, 0.3) is 0 Å². The molecule has 1 aliphatic rings. The molecule has 3 rings (SSSR count). The van der Waals surface area contributed by atoms with Crippen molar-refractivity contribution in [1.82, 2.24) is 9.80 Å². The van der Waals surface area contributed by atoms with Gasteiger partial charge in [-0.3, -0.25) is 9.59 Å². The van der Waals surface area contributed by atoms with E-state index in [0.29, 0.717) is 31.7 Å². The number of rotatable bonds is 2.